The lowest BCUT2D eigenvalue weighted by Gasteiger charge is -2.30. The summed E-state index contributed by atoms with van der Waals surface area (Å²) in [6.45, 7) is 0.814. The fraction of sp³-hybridized carbons (Fsp3) is 0.120. The summed E-state index contributed by atoms with van der Waals surface area (Å²) in [6, 6.07) is 18.1. The monoisotopic (exact) mass is 450 g/mol. The summed E-state index contributed by atoms with van der Waals surface area (Å²) in [6.07, 6.45) is 2.34. The first kappa shape index (κ1) is 21.7. The van der Waals surface area contributed by atoms with E-state index in [0.717, 1.165) is 11.1 Å². The highest BCUT2D eigenvalue weighted by atomic mass is 35.5. The average Bonchev–Trinajstić information content (AvgIpc) is 2.82. The number of nitrogens with zero attached hydrogens (tertiary/aromatic N) is 1. The van der Waals surface area contributed by atoms with Crippen molar-refractivity contribution in [3.8, 4) is 0 Å². The van der Waals surface area contributed by atoms with Crippen molar-refractivity contribution in [2.45, 2.75) is 13.0 Å². The van der Waals surface area contributed by atoms with E-state index in [0.29, 0.717) is 46.8 Å². The summed E-state index contributed by atoms with van der Waals surface area (Å²) in [5.74, 6) is -1.18. The molecule has 5 nitrogen and oxygen atoms in total. The van der Waals surface area contributed by atoms with Crippen LogP contribution in [-0.4, -0.2) is 28.5 Å². The lowest BCUT2D eigenvalue weighted by atomic mass is 9.95. The van der Waals surface area contributed by atoms with E-state index < -0.39 is 5.91 Å². The zero-order valence-electron chi connectivity index (χ0n) is 17.0. The second-order valence-corrected chi connectivity index (χ2v) is 7.90. The largest absolute Gasteiger partial charge is 0.334 e. The van der Waals surface area contributed by atoms with Crippen LogP contribution in [0.1, 0.15) is 32.6 Å². The van der Waals surface area contributed by atoms with Crippen LogP contribution in [-0.2, 0) is 17.8 Å². The molecule has 3 aromatic rings. The summed E-state index contributed by atoms with van der Waals surface area (Å²) in [5, 5.41) is 9.35. The van der Waals surface area contributed by atoms with E-state index in [2.05, 4.69) is 0 Å². The third-order valence-electron chi connectivity index (χ3n) is 5.44. The van der Waals surface area contributed by atoms with Gasteiger partial charge in [-0.15, -0.1) is 0 Å². The molecule has 32 heavy (non-hydrogen) atoms. The minimum Gasteiger partial charge on any atom is -0.334 e. The van der Waals surface area contributed by atoms with E-state index >= 15 is 0 Å². The highest BCUT2D eigenvalue weighted by Gasteiger charge is 2.26. The van der Waals surface area contributed by atoms with E-state index in [4.69, 9.17) is 16.8 Å². The summed E-state index contributed by atoms with van der Waals surface area (Å²) >= 11 is 6.41. The van der Waals surface area contributed by atoms with Crippen LogP contribution in [0, 0.1) is 5.82 Å². The fourth-order valence-corrected chi connectivity index (χ4v) is 4.00. The predicted octanol–water partition coefficient (Wildman–Crippen LogP) is 4.72. The summed E-state index contributed by atoms with van der Waals surface area (Å²) in [4.78, 5) is 27.1. The van der Waals surface area contributed by atoms with Crippen LogP contribution < -0.4 is 5.48 Å². The van der Waals surface area contributed by atoms with Crippen LogP contribution in [0.25, 0.3) is 11.6 Å². The molecule has 1 aliphatic rings. The van der Waals surface area contributed by atoms with Gasteiger partial charge in [-0.1, -0.05) is 48.0 Å². The molecule has 0 saturated heterocycles. The molecule has 0 atom stereocenters. The summed E-state index contributed by atoms with van der Waals surface area (Å²) < 4.78 is 13.4. The van der Waals surface area contributed by atoms with Gasteiger partial charge in [-0.3, -0.25) is 14.8 Å². The molecular weight excluding hydrogens is 431 g/mol. The van der Waals surface area contributed by atoms with Gasteiger partial charge in [0.2, 0.25) is 0 Å². The number of rotatable bonds is 4. The lowest BCUT2D eigenvalue weighted by Crippen LogP contribution is -2.36. The van der Waals surface area contributed by atoms with Gasteiger partial charge in [0.1, 0.15) is 5.82 Å². The Bertz CT molecular complexity index is 1210. The Labute approximate surface area is 189 Å². The third kappa shape index (κ3) is 4.56. The van der Waals surface area contributed by atoms with Crippen molar-refractivity contribution >= 4 is 35.1 Å². The fourth-order valence-electron chi connectivity index (χ4n) is 3.77. The quantitative estimate of drug-likeness (QED) is 0.261. The molecule has 0 radical (unpaired) electrons. The van der Waals surface area contributed by atoms with E-state index in [1.165, 1.54) is 12.1 Å². The second kappa shape index (κ2) is 9.34. The number of nitrogens with one attached hydrogen (secondary N) is 1. The van der Waals surface area contributed by atoms with E-state index in [1.54, 1.807) is 65.0 Å². The van der Waals surface area contributed by atoms with Crippen LogP contribution in [0.4, 0.5) is 4.39 Å². The van der Waals surface area contributed by atoms with Crippen molar-refractivity contribution in [1.29, 1.82) is 0 Å². The van der Waals surface area contributed by atoms with Gasteiger partial charge < -0.3 is 4.90 Å². The molecule has 0 fully saturated rings. The number of hydrogen-bond donors (Lipinski definition) is 2. The Morgan fingerprint density at radius 2 is 1.78 bits per heavy atom. The number of hydrogen-bond acceptors (Lipinski definition) is 3. The van der Waals surface area contributed by atoms with Crippen LogP contribution in [0.15, 0.2) is 66.7 Å². The molecule has 0 aromatic heterocycles. The summed E-state index contributed by atoms with van der Waals surface area (Å²) in [7, 11) is 0. The first-order chi connectivity index (χ1) is 15.5. The number of carbonyl (C=O) groups excluding carboxylic acids is 2. The maximum Gasteiger partial charge on any atom is 0.274 e. The zero-order valence-corrected chi connectivity index (χ0v) is 17.8. The highest BCUT2D eigenvalue weighted by Crippen LogP contribution is 2.30. The minimum atomic E-state index is -0.607. The first-order valence-electron chi connectivity index (χ1n) is 10.0. The SMILES string of the molecule is O=C(NO)c1ccc2c(c1)CN(C(=O)/C(=C/c1ccc(F)cc1)c1ccccc1Cl)CC2. The topological polar surface area (TPSA) is 69.6 Å². The molecule has 2 amide bonds. The Morgan fingerprint density at radius 1 is 1.03 bits per heavy atom. The van der Waals surface area contributed by atoms with Crippen LogP contribution in [0.3, 0.4) is 0 Å². The van der Waals surface area contributed by atoms with E-state index in [9.17, 15) is 14.0 Å². The number of carbonyl (C=O) groups is 2. The van der Waals surface area contributed by atoms with Gasteiger partial charge in [-0.05, 0) is 59.5 Å². The van der Waals surface area contributed by atoms with Gasteiger partial charge in [0.15, 0.2) is 0 Å². The standard InChI is InChI=1S/C25H20ClFN2O3/c26-23-4-2-1-3-21(23)22(13-16-5-9-20(27)10-6-16)25(31)29-12-11-17-7-8-18(24(30)28-32)14-19(17)15-29/h1-10,13-14,32H,11-12,15H2,(H,28,30)/b22-13+. The van der Waals surface area contributed by atoms with E-state index in [-0.39, 0.29) is 11.7 Å². The number of halogens is 2. The molecule has 0 bridgehead atoms. The normalized spacial score (nSPS) is 13.5. The minimum absolute atomic E-state index is 0.218. The smallest absolute Gasteiger partial charge is 0.274 e. The predicted molar refractivity (Wildman–Crippen MR) is 121 cm³/mol. The molecule has 1 heterocycles. The van der Waals surface area contributed by atoms with Crippen molar-refractivity contribution in [2.24, 2.45) is 0 Å². The second-order valence-electron chi connectivity index (χ2n) is 7.49. The van der Waals surface area contributed by atoms with Crippen molar-refractivity contribution in [3.05, 3.63) is 105 Å². The van der Waals surface area contributed by atoms with Crippen LogP contribution in [0.2, 0.25) is 5.02 Å². The highest BCUT2D eigenvalue weighted by molar-refractivity contribution is 6.36. The van der Waals surface area contributed by atoms with Crippen molar-refractivity contribution in [3.63, 3.8) is 0 Å². The van der Waals surface area contributed by atoms with Gasteiger partial charge in [0.05, 0.1) is 0 Å². The van der Waals surface area contributed by atoms with E-state index in [1.807, 2.05) is 6.07 Å². The third-order valence-corrected chi connectivity index (χ3v) is 5.77. The number of benzene rings is 3. The first-order valence-corrected chi connectivity index (χ1v) is 10.4. The van der Waals surface area contributed by atoms with Gasteiger partial charge in [-0.25, -0.2) is 9.87 Å². The van der Waals surface area contributed by atoms with Gasteiger partial charge in [0, 0.05) is 34.8 Å². The number of amides is 2. The number of hydroxylamine groups is 1. The molecule has 1 aliphatic heterocycles. The molecule has 4 rings (SSSR count). The molecule has 0 spiro atoms. The Balaban J connectivity index is 1.70. The molecule has 3 aromatic carbocycles. The number of fused-ring (bicyclic) bond motifs is 1. The molecular formula is C25H20ClFN2O3. The van der Waals surface area contributed by atoms with Gasteiger partial charge in [0.25, 0.3) is 11.8 Å². The van der Waals surface area contributed by atoms with Crippen molar-refractivity contribution < 1.29 is 19.2 Å². The maximum atomic E-state index is 13.6. The molecule has 0 saturated carbocycles. The summed E-state index contributed by atoms with van der Waals surface area (Å²) in [5.41, 5.74) is 5.49. The molecule has 7 heteroatoms. The van der Waals surface area contributed by atoms with Crippen LogP contribution in [0.5, 0.6) is 0 Å². The average molecular weight is 451 g/mol. The van der Waals surface area contributed by atoms with Gasteiger partial charge in [-0.2, -0.15) is 0 Å². The lowest BCUT2D eigenvalue weighted by molar-refractivity contribution is -0.125. The molecule has 162 valence electrons. The Hall–Kier alpha value is -3.48. The molecule has 0 aliphatic carbocycles. The Morgan fingerprint density at radius 3 is 2.50 bits per heavy atom. The molecule has 0 unspecified atom stereocenters. The molecule has 2 N–H and O–H groups in total. The van der Waals surface area contributed by atoms with Gasteiger partial charge >= 0.3 is 0 Å². The zero-order chi connectivity index (χ0) is 22.7. The van der Waals surface area contributed by atoms with Crippen LogP contribution >= 0.6 is 11.6 Å². The van der Waals surface area contributed by atoms with Crippen molar-refractivity contribution in [1.82, 2.24) is 10.4 Å². The Kier molecular flexibility index (Phi) is 6.35. The van der Waals surface area contributed by atoms with Crippen molar-refractivity contribution in [2.75, 3.05) is 6.54 Å². The maximum absolute atomic E-state index is 13.6.